The lowest BCUT2D eigenvalue weighted by atomic mass is 9.84. The van der Waals surface area contributed by atoms with E-state index in [2.05, 4.69) is 52.3 Å². The lowest BCUT2D eigenvalue weighted by Gasteiger charge is -2.19. The van der Waals surface area contributed by atoms with Gasteiger partial charge in [0.1, 0.15) is 0 Å². The van der Waals surface area contributed by atoms with Crippen LogP contribution in [0.1, 0.15) is 27.4 Å². The van der Waals surface area contributed by atoms with E-state index in [9.17, 15) is 4.79 Å². The fourth-order valence-electron chi connectivity index (χ4n) is 3.48. The molecule has 2 aliphatic rings. The van der Waals surface area contributed by atoms with E-state index in [4.69, 9.17) is 0 Å². The molecule has 2 aromatic carbocycles. The summed E-state index contributed by atoms with van der Waals surface area (Å²) in [7, 11) is 0. The summed E-state index contributed by atoms with van der Waals surface area (Å²) in [4.78, 5) is 12.6. The number of halogens is 1. The topological polar surface area (TPSA) is 17.1 Å². The van der Waals surface area contributed by atoms with E-state index < -0.39 is 0 Å². The highest BCUT2D eigenvalue weighted by Crippen LogP contribution is 2.42. The molecule has 2 heteroatoms. The van der Waals surface area contributed by atoms with E-state index in [0.29, 0.717) is 11.8 Å². The third-order valence-electron chi connectivity index (χ3n) is 4.58. The first-order valence-corrected chi connectivity index (χ1v) is 8.30. The van der Waals surface area contributed by atoms with Crippen LogP contribution in [-0.2, 0) is 6.42 Å². The molecule has 0 unspecified atom stereocenters. The van der Waals surface area contributed by atoms with Crippen molar-refractivity contribution < 1.29 is 4.79 Å². The van der Waals surface area contributed by atoms with Crippen molar-refractivity contribution in [2.24, 2.45) is 5.92 Å². The van der Waals surface area contributed by atoms with Gasteiger partial charge in [0.2, 0.25) is 0 Å². The van der Waals surface area contributed by atoms with Crippen LogP contribution in [0.2, 0.25) is 0 Å². The van der Waals surface area contributed by atoms with Crippen molar-refractivity contribution in [3.8, 4) is 0 Å². The molecular formula is C20H15BrO. The quantitative estimate of drug-likeness (QED) is 0.690. The number of carbonyl (C=O) groups excluding carboxylic acids is 1. The molecule has 0 heterocycles. The molecule has 2 atom stereocenters. The van der Waals surface area contributed by atoms with Gasteiger partial charge in [0.25, 0.3) is 0 Å². The normalized spacial score (nSPS) is 22.0. The molecule has 108 valence electrons. The van der Waals surface area contributed by atoms with Crippen LogP contribution in [0.4, 0.5) is 0 Å². The van der Waals surface area contributed by atoms with Crippen molar-refractivity contribution in [3.05, 3.63) is 93.5 Å². The molecule has 0 N–H and O–H groups in total. The van der Waals surface area contributed by atoms with Crippen LogP contribution in [0.25, 0.3) is 0 Å². The highest BCUT2D eigenvalue weighted by atomic mass is 79.9. The third-order valence-corrected chi connectivity index (χ3v) is 5.11. The Morgan fingerprint density at radius 3 is 2.64 bits per heavy atom. The van der Waals surface area contributed by atoms with E-state index >= 15 is 0 Å². The van der Waals surface area contributed by atoms with Crippen LogP contribution in [0.15, 0.2) is 76.8 Å². The van der Waals surface area contributed by atoms with Gasteiger partial charge in [0.15, 0.2) is 5.78 Å². The summed E-state index contributed by atoms with van der Waals surface area (Å²) >= 11 is 3.40. The molecule has 0 spiro atoms. The van der Waals surface area contributed by atoms with Gasteiger partial charge >= 0.3 is 0 Å². The van der Waals surface area contributed by atoms with Crippen molar-refractivity contribution in [2.75, 3.05) is 0 Å². The molecule has 0 radical (unpaired) electrons. The largest absolute Gasteiger partial charge is 0.289 e. The zero-order valence-electron chi connectivity index (χ0n) is 12.0. The standard InChI is InChI=1S/C20H15BrO/c21-17-8-5-13(6-9-17)20(22)15-7-10-19-16(12-15)11-14-3-1-2-4-18(14)19/h1-10,12,16,19H,11H2/t16-,19+/m1/s1. The summed E-state index contributed by atoms with van der Waals surface area (Å²) in [5.41, 5.74) is 4.38. The lowest BCUT2D eigenvalue weighted by Crippen LogP contribution is -2.12. The number of allylic oxidation sites excluding steroid dienone is 4. The number of fused-ring (bicyclic) bond motifs is 3. The first-order chi connectivity index (χ1) is 10.7. The Morgan fingerprint density at radius 2 is 1.82 bits per heavy atom. The summed E-state index contributed by atoms with van der Waals surface area (Å²) in [6, 6.07) is 16.2. The third kappa shape index (κ3) is 2.28. The number of hydrogen-bond acceptors (Lipinski definition) is 1. The molecule has 0 saturated heterocycles. The average molecular weight is 351 g/mol. The van der Waals surface area contributed by atoms with Crippen molar-refractivity contribution in [3.63, 3.8) is 0 Å². The average Bonchev–Trinajstić information content (AvgIpc) is 2.92. The Bertz CT molecular complexity index is 799. The van der Waals surface area contributed by atoms with Crippen molar-refractivity contribution in [1.82, 2.24) is 0 Å². The molecule has 0 fully saturated rings. The smallest absolute Gasteiger partial charge is 0.192 e. The van der Waals surface area contributed by atoms with Gasteiger partial charge in [-0.3, -0.25) is 4.79 Å². The van der Waals surface area contributed by atoms with Crippen molar-refractivity contribution in [2.45, 2.75) is 12.3 Å². The molecule has 1 nitrogen and oxygen atoms in total. The van der Waals surface area contributed by atoms with Gasteiger partial charge in [-0.2, -0.15) is 0 Å². The zero-order chi connectivity index (χ0) is 15.1. The first-order valence-electron chi connectivity index (χ1n) is 7.50. The SMILES string of the molecule is O=C(C1=C[C@H]2Cc3ccccc3[C@H]2C=C1)c1ccc(Br)cc1. The molecule has 0 saturated carbocycles. The van der Waals surface area contributed by atoms with Crippen LogP contribution in [0.5, 0.6) is 0 Å². The van der Waals surface area contributed by atoms with Crippen molar-refractivity contribution >= 4 is 21.7 Å². The molecular weight excluding hydrogens is 336 g/mol. The number of ketones is 1. The number of hydrogen-bond donors (Lipinski definition) is 0. The zero-order valence-corrected chi connectivity index (χ0v) is 13.6. The summed E-state index contributed by atoms with van der Waals surface area (Å²) in [5.74, 6) is 0.952. The highest BCUT2D eigenvalue weighted by Gasteiger charge is 2.31. The van der Waals surface area contributed by atoms with Crippen LogP contribution >= 0.6 is 15.9 Å². The van der Waals surface area contributed by atoms with Gasteiger partial charge < -0.3 is 0 Å². The Labute approximate surface area is 138 Å². The van der Waals surface area contributed by atoms with Crippen LogP contribution in [0.3, 0.4) is 0 Å². The summed E-state index contributed by atoms with van der Waals surface area (Å²) in [6.45, 7) is 0. The maximum Gasteiger partial charge on any atom is 0.192 e. The number of carbonyl (C=O) groups is 1. The van der Waals surface area contributed by atoms with E-state index in [1.54, 1.807) is 0 Å². The predicted octanol–water partition coefficient (Wildman–Crippen LogP) is 5.08. The molecule has 2 aromatic rings. The Morgan fingerprint density at radius 1 is 1.05 bits per heavy atom. The Balaban J connectivity index is 1.63. The van der Waals surface area contributed by atoms with E-state index in [0.717, 1.165) is 22.0 Å². The molecule has 4 rings (SSSR count). The van der Waals surface area contributed by atoms with Gasteiger partial charge in [-0.1, -0.05) is 58.4 Å². The Kier molecular flexibility index (Phi) is 3.34. The minimum atomic E-state index is 0.109. The highest BCUT2D eigenvalue weighted by molar-refractivity contribution is 9.10. The maximum atomic E-state index is 12.6. The minimum Gasteiger partial charge on any atom is -0.289 e. The fraction of sp³-hybridized carbons (Fsp3) is 0.150. The Hall–Kier alpha value is -1.93. The van der Waals surface area contributed by atoms with Gasteiger partial charge in [-0.15, -0.1) is 0 Å². The molecule has 0 aliphatic heterocycles. The summed E-state index contributed by atoms with van der Waals surface area (Å²) in [6.07, 6.45) is 7.38. The first kappa shape index (κ1) is 13.7. The maximum absolute atomic E-state index is 12.6. The second kappa shape index (κ2) is 5.36. The van der Waals surface area contributed by atoms with E-state index in [-0.39, 0.29) is 5.78 Å². The van der Waals surface area contributed by atoms with Crippen LogP contribution in [-0.4, -0.2) is 5.78 Å². The second-order valence-corrected chi connectivity index (χ2v) is 6.83. The molecule has 0 aromatic heterocycles. The molecule has 0 bridgehead atoms. The summed E-state index contributed by atoms with van der Waals surface area (Å²) < 4.78 is 0.989. The lowest BCUT2D eigenvalue weighted by molar-refractivity contribution is 0.103. The van der Waals surface area contributed by atoms with E-state index in [1.807, 2.05) is 30.3 Å². The predicted molar refractivity (Wildman–Crippen MR) is 92.1 cm³/mol. The number of Topliss-reactive ketones (excluding diaryl/α,β-unsaturated/α-hetero) is 1. The second-order valence-electron chi connectivity index (χ2n) is 5.91. The van der Waals surface area contributed by atoms with Gasteiger partial charge in [-0.25, -0.2) is 0 Å². The molecule has 22 heavy (non-hydrogen) atoms. The minimum absolute atomic E-state index is 0.109. The van der Waals surface area contributed by atoms with Crippen molar-refractivity contribution in [1.29, 1.82) is 0 Å². The van der Waals surface area contributed by atoms with Crippen LogP contribution in [0, 0.1) is 5.92 Å². The summed E-state index contributed by atoms with van der Waals surface area (Å²) in [5, 5.41) is 0. The van der Waals surface area contributed by atoms with Crippen LogP contribution < -0.4 is 0 Å². The van der Waals surface area contributed by atoms with E-state index in [1.165, 1.54) is 11.1 Å². The monoisotopic (exact) mass is 350 g/mol. The number of rotatable bonds is 2. The molecule has 0 amide bonds. The number of benzene rings is 2. The fourth-order valence-corrected chi connectivity index (χ4v) is 3.74. The van der Waals surface area contributed by atoms with Gasteiger partial charge in [0.05, 0.1) is 0 Å². The van der Waals surface area contributed by atoms with Gasteiger partial charge in [-0.05, 0) is 47.7 Å². The van der Waals surface area contributed by atoms with Gasteiger partial charge in [0, 0.05) is 21.5 Å². The molecule has 2 aliphatic carbocycles.